The van der Waals surface area contributed by atoms with Crippen molar-refractivity contribution in [3.05, 3.63) is 120 Å². The number of methoxy groups -OCH3 is 2. The summed E-state index contributed by atoms with van der Waals surface area (Å²) in [5, 5.41) is 2.99. The molecule has 1 N–H and O–H groups in total. The fourth-order valence-electron chi connectivity index (χ4n) is 5.01. The van der Waals surface area contributed by atoms with Gasteiger partial charge in [0, 0.05) is 25.1 Å². The molecule has 0 radical (unpaired) electrons. The Kier molecular flexibility index (Phi) is 12.0. The summed E-state index contributed by atoms with van der Waals surface area (Å²) in [6, 6.07) is 26.2. The molecule has 9 nitrogen and oxygen atoms in total. The van der Waals surface area contributed by atoms with Crippen LogP contribution in [0.5, 0.6) is 11.5 Å². The largest absolute Gasteiger partial charge is 0.493 e. The lowest BCUT2D eigenvalue weighted by Gasteiger charge is -2.34. The number of nitrogens with zero attached hydrogens (tertiary/aromatic N) is 2. The third kappa shape index (κ3) is 8.88. The van der Waals surface area contributed by atoms with Crippen LogP contribution in [0, 0.1) is 5.82 Å². The van der Waals surface area contributed by atoms with E-state index in [2.05, 4.69) is 5.32 Å². The van der Waals surface area contributed by atoms with Gasteiger partial charge in [-0.25, -0.2) is 12.8 Å². The van der Waals surface area contributed by atoms with Gasteiger partial charge in [0.25, 0.3) is 10.0 Å². The number of carbonyl (C=O) groups excluding carboxylic acids is 2. The SMILES string of the molecule is CC[C@H](C)NC(=O)[C@H](Cc1ccccc1)N(Cc1ccc(F)cc1)C(=O)CN(c1ccccc1)S(=O)(=O)c1ccc(OC)c(OC)c1. The smallest absolute Gasteiger partial charge is 0.264 e. The Labute approximate surface area is 276 Å². The first-order chi connectivity index (χ1) is 22.6. The van der Waals surface area contributed by atoms with E-state index < -0.39 is 34.3 Å². The maximum atomic E-state index is 14.5. The fourth-order valence-corrected chi connectivity index (χ4v) is 6.44. The number of amides is 2. The fraction of sp³-hybridized carbons (Fsp3) is 0.278. The average molecular weight is 662 g/mol. The summed E-state index contributed by atoms with van der Waals surface area (Å²) in [5.74, 6) is -0.904. The molecule has 4 aromatic rings. The lowest BCUT2D eigenvalue weighted by Crippen LogP contribution is -2.54. The molecule has 4 rings (SSSR count). The molecule has 2 atom stereocenters. The molecule has 0 aromatic heterocycles. The number of sulfonamides is 1. The monoisotopic (exact) mass is 661 g/mol. The van der Waals surface area contributed by atoms with Gasteiger partial charge in [0.2, 0.25) is 11.8 Å². The van der Waals surface area contributed by atoms with Crippen molar-refractivity contribution in [1.82, 2.24) is 10.2 Å². The minimum Gasteiger partial charge on any atom is -0.493 e. The highest BCUT2D eigenvalue weighted by molar-refractivity contribution is 7.92. The quantitative estimate of drug-likeness (QED) is 0.178. The zero-order valence-electron chi connectivity index (χ0n) is 26.9. The standard InChI is InChI=1S/C36H40FN3O6S/c1-5-26(2)38-36(42)32(22-27-12-8-6-9-13-27)39(24-28-16-18-29(37)19-17-28)35(41)25-40(30-14-10-7-11-15-30)47(43,44)31-20-21-33(45-3)34(23-31)46-4/h6-21,23,26,32H,5,22,24-25H2,1-4H3,(H,38,42)/t26-,32-/m0/s1. The zero-order valence-corrected chi connectivity index (χ0v) is 27.7. The van der Waals surface area contributed by atoms with Crippen molar-refractivity contribution in [2.75, 3.05) is 25.1 Å². The first-order valence-corrected chi connectivity index (χ1v) is 16.7. The summed E-state index contributed by atoms with van der Waals surface area (Å²) >= 11 is 0. The Balaban J connectivity index is 1.81. The van der Waals surface area contributed by atoms with E-state index >= 15 is 0 Å². The predicted octanol–water partition coefficient (Wildman–Crippen LogP) is 5.59. The van der Waals surface area contributed by atoms with Gasteiger partial charge in [-0.3, -0.25) is 13.9 Å². The van der Waals surface area contributed by atoms with Crippen molar-refractivity contribution < 1.29 is 31.9 Å². The number of nitrogens with one attached hydrogen (secondary N) is 1. The van der Waals surface area contributed by atoms with Crippen molar-refractivity contribution in [3.8, 4) is 11.5 Å². The van der Waals surface area contributed by atoms with Gasteiger partial charge in [0.1, 0.15) is 18.4 Å². The first kappa shape index (κ1) is 35.0. The molecule has 0 saturated heterocycles. The molecule has 248 valence electrons. The maximum Gasteiger partial charge on any atom is 0.264 e. The first-order valence-electron chi connectivity index (χ1n) is 15.2. The van der Waals surface area contributed by atoms with E-state index in [0.717, 1.165) is 9.87 Å². The summed E-state index contributed by atoms with van der Waals surface area (Å²) in [7, 11) is -1.50. The molecule has 47 heavy (non-hydrogen) atoms. The van der Waals surface area contributed by atoms with Crippen LogP contribution in [0.4, 0.5) is 10.1 Å². The molecule has 0 heterocycles. The van der Waals surface area contributed by atoms with Gasteiger partial charge in [-0.05, 0) is 60.9 Å². The number of para-hydroxylation sites is 1. The molecule has 4 aromatic carbocycles. The lowest BCUT2D eigenvalue weighted by atomic mass is 10.0. The summed E-state index contributed by atoms with van der Waals surface area (Å²) < 4.78 is 54.1. The number of hydrogen-bond donors (Lipinski definition) is 1. The summed E-state index contributed by atoms with van der Waals surface area (Å²) in [5.41, 5.74) is 1.63. The predicted molar refractivity (Wildman–Crippen MR) is 179 cm³/mol. The molecule has 0 bridgehead atoms. The number of benzene rings is 4. The average Bonchev–Trinajstić information content (AvgIpc) is 3.09. The number of carbonyl (C=O) groups is 2. The van der Waals surface area contributed by atoms with E-state index in [1.165, 1.54) is 61.6 Å². The van der Waals surface area contributed by atoms with Crippen molar-refractivity contribution >= 4 is 27.5 Å². The van der Waals surface area contributed by atoms with Crippen molar-refractivity contribution in [3.63, 3.8) is 0 Å². The van der Waals surface area contributed by atoms with Crippen molar-refractivity contribution in [2.24, 2.45) is 0 Å². The second-order valence-corrected chi connectivity index (χ2v) is 12.9. The van der Waals surface area contributed by atoms with Gasteiger partial charge < -0.3 is 19.7 Å². The Morgan fingerprint density at radius 1 is 0.830 bits per heavy atom. The molecular formula is C36H40FN3O6S. The molecular weight excluding hydrogens is 621 g/mol. The van der Waals surface area contributed by atoms with Gasteiger partial charge in [-0.2, -0.15) is 0 Å². The number of ether oxygens (including phenoxy) is 2. The Morgan fingerprint density at radius 2 is 1.45 bits per heavy atom. The highest BCUT2D eigenvalue weighted by Crippen LogP contribution is 2.32. The number of halogens is 1. The van der Waals surface area contributed by atoms with Gasteiger partial charge in [0.05, 0.1) is 24.8 Å². The van der Waals surface area contributed by atoms with E-state index in [4.69, 9.17) is 9.47 Å². The Bertz CT molecular complexity index is 1740. The molecule has 0 aliphatic heterocycles. The highest BCUT2D eigenvalue weighted by Gasteiger charge is 2.35. The second kappa shape index (κ2) is 16.1. The second-order valence-electron chi connectivity index (χ2n) is 11.0. The molecule has 0 aliphatic rings. The highest BCUT2D eigenvalue weighted by atomic mass is 32.2. The Hall–Kier alpha value is -4.90. The van der Waals surface area contributed by atoms with Crippen LogP contribution >= 0.6 is 0 Å². The van der Waals surface area contributed by atoms with Gasteiger partial charge >= 0.3 is 0 Å². The summed E-state index contributed by atoms with van der Waals surface area (Å²) in [6.45, 7) is 3.12. The van der Waals surface area contributed by atoms with E-state index in [-0.39, 0.29) is 41.2 Å². The van der Waals surface area contributed by atoms with E-state index in [1.54, 1.807) is 30.3 Å². The van der Waals surface area contributed by atoms with Gasteiger partial charge in [0.15, 0.2) is 11.5 Å². The third-order valence-corrected chi connectivity index (χ3v) is 9.57. The molecule has 11 heteroatoms. The molecule has 2 amide bonds. The van der Waals surface area contributed by atoms with Crippen LogP contribution in [-0.4, -0.2) is 58.0 Å². The van der Waals surface area contributed by atoms with Crippen LogP contribution < -0.4 is 19.1 Å². The van der Waals surface area contributed by atoms with Gasteiger partial charge in [-0.1, -0.05) is 67.6 Å². The summed E-state index contributed by atoms with van der Waals surface area (Å²) in [4.78, 5) is 29.7. The molecule has 0 aliphatic carbocycles. The lowest BCUT2D eigenvalue weighted by molar-refractivity contribution is -0.140. The van der Waals surface area contributed by atoms with E-state index in [0.29, 0.717) is 17.7 Å². The summed E-state index contributed by atoms with van der Waals surface area (Å²) in [6.07, 6.45) is 0.838. The van der Waals surface area contributed by atoms with Crippen molar-refractivity contribution in [2.45, 2.75) is 50.2 Å². The minimum absolute atomic E-state index is 0.0659. The van der Waals surface area contributed by atoms with Crippen molar-refractivity contribution in [1.29, 1.82) is 0 Å². The van der Waals surface area contributed by atoms with E-state index in [1.807, 2.05) is 44.2 Å². The van der Waals surface area contributed by atoms with E-state index in [9.17, 15) is 22.4 Å². The van der Waals surface area contributed by atoms with Crippen LogP contribution in [0.3, 0.4) is 0 Å². The number of hydrogen-bond acceptors (Lipinski definition) is 6. The molecule has 0 unspecified atom stereocenters. The van der Waals surface area contributed by atoms with Crippen LogP contribution in [0.2, 0.25) is 0 Å². The molecule has 0 saturated carbocycles. The zero-order chi connectivity index (χ0) is 34.0. The molecule has 0 spiro atoms. The molecule has 0 fully saturated rings. The number of anilines is 1. The number of rotatable bonds is 15. The normalized spacial score (nSPS) is 12.4. The third-order valence-electron chi connectivity index (χ3n) is 7.80. The maximum absolute atomic E-state index is 14.5. The topological polar surface area (TPSA) is 105 Å². The van der Waals surface area contributed by atoms with Crippen LogP contribution in [0.25, 0.3) is 0 Å². The van der Waals surface area contributed by atoms with Gasteiger partial charge in [-0.15, -0.1) is 0 Å². The minimum atomic E-state index is -4.35. The van der Waals surface area contributed by atoms with Crippen LogP contribution in [-0.2, 0) is 32.6 Å². The Morgan fingerprint density at radius 3 is 2.04 bits per heavy atom. The van der Waals surface area contributed by atoms with Crippen LogP contribution in [0.15, 0.2) is 108 Å². The van der Waals surface area contributed by atoms with Crippen LogP contribution in [0.1, 0.15) is 31.4 Å².